The maximum Gasteiger partial charge on any atom is 0.433 e. The molecule has 2 N–H and O–H groups in total. The standard InChI is InChI=1S/C11H10F3N3/c12-11(13,14)10-2-1-9(7-17-10)16-6-8-3-4-15-5-8/h1-5,7,15-16H,6H2. The molecule has 17 heavy (non-hydrogen) atoms. The number of hydrogen-bond acceptors (Lipinski definition) is 2. The van der Waals surface area contributed by atoms with Crippen LogP contribution in [-0.2, 0) is 12.7 Å². The molecule has 6 heteroatoms. The molecule has 0 spiro atoms. The zero-order chi connectivity index (χ0) is 12.3. The lowest BCUT2D eigenvalue weighted by atomic mass is 10.3. The molecule has 0 saturated carbocycles. The van der Waals surface area contributed by atoms with Crippen LogP contribution in [0.1, 0.15) is 11.3 Å². The smallest absolute Gasteiger partial charge is 0.380 e. The van der Waals surface area contributed by atoms with Crippen molar-refractivity contribution in [3.05, 3.63) is 48.0 Å². The molecule has 0 saturated heterocycles. The molecule has 0 aromatic carbocycles. The normalized spacial score (nSPS) is 11.5. The first kappa shape index (κ1) is 11.5. The highest BCUT2D eigenvalue weighted by atomic mass is 19.4. The second-order valence-corrected chi connectivity index (χ2v) is 3.50. The van der Waals surface area contributed by atoms with Gasteiger partial charge in [-0.05, 0) is 23.8 Å². The van der Waals surface area contributed by atoms with Crippen LogP contribution in [0.15, 0.2) is 36.8 Å². The van der Waals surface area contributed by atoms with Crippen LogP contribution in [0.5, 0.6) is 0 Å². The molecule has 90 valence electrons. The molecule has 0 fully saturated rings. The lowest BCUT2D eigenvalue weighted by Gasteiger charge is -2.07. The Bertz CT molecular complexity index is 460. The Morgan fingerprint density at radius 1 is 1.24 bits per heavy atom. The predicted molar refractivity (Wildman–Crippen MR) is 57.4 cm³/mol. The number of nitrogens with zero attached hydrogens (tertiary/aromatic N) is 1. The van der Waals surface area contributed by atoms with Gasteiger partial charge in [0.2, 0.25) is 0 Å². The molecule has 2 aromatic heterocycles. The molecule has 2 rings (SSSR count). The highest BCUT2D eigenvalue weighted by Gasteiger charge is 2.31. The van der Waals surface area contributed by atoms with Crippen LogP contribution in [0.25, 0.3) is 0 Å². The average Bonchev–Trinajstić information content (AvgIpc) is 2.78. The summed E-state index contributed by atoms with van der Waals surface area (Å²) in [7, 11) is 0. The van der Waals surface area contributed by atoms with Gasteiger partial charge >= 0.3 is 6.18 Å². The van der Waals surface area contributed by atoms with Crippen LogP contribution in [0.2, 0.25) is 0 Å². The van der Waals surface area contributed by atoms with Crippen molar-refractivity contribution in [3.63, 3.8) is 0 Å². The first-order valence-corrected chi connectivity index (χ1v) is 4.94. The minimum absolute atomic E-state index is 0.538. The lowest BCUT2D eigenvalue weighted by Crippen LogP contribution is -2.08. The topological polar surface area (TPSA) is 40.7 Å². The van der Waals surface area contributed by atoms with Crippen LogP contribution < -0.4 is 5.32 Å². The van der Waals surface area contributed by atoms with Crippen molar-refractivity contribution in [2.75, 3.05) is 5.32 Å². The van der Waals surface area contributed by atoms with E-state index in [0.717, 1.165) is 11.6 Å². The summed E-state index contributed by atoms with van der Waals surface area (Å²) in [6.07, 6.45) is 0.376. The highest BCUT2D eigenvalue weighted by Crippen LogP contribution is 2.27. The van der Waals surface area contributed by atoms with E-state index in [-0.39, 0.29) is 0 Å². The summed E-state index contributed by atoms with van der Waals surface area (Å²) in [4.78, 5) is 6.25. The van der Waals surface area contributed by atoms with Gasteiger partial charge in [-0.15, -0.1) is 0 Å². The van der Waals surface area contributed by atoms with Crippen LogP contribution in [-0.4, -0.2) is 9.97 Å². The number of anilines is 1. The Morgan fingerprint density at radius 2 is 2.06 bits per heavy atom. The van der Waals surface area contributed by atoms with E-state index in [1.807, 2.05) is 12.3 Å². The second kappa shape index (κ2) is 4.48. The van der Waals surface area contributed by atoms with Crippen molar-refractivity contribution in [2.24, 2.45) is 0 Å². The van der Waals surface area contributed by atoms with Gasteiger partial charge in [-0.25, -0.2) is 4.98 Å². The van der Waals surface area contributed by atoms with Gasteiger partial charge < -0.3 is 10.3 Å². The van der Waals surface area contributed by atoms with E-state index in [2.05, 4.69) is 15.3 Å². The lowest BCUT2D eigenvalue weighted by molar-refractivity contribution is -0.141. The van der Waals surface area contributed by atoms with Crippen molar-refractivity contribution >= 4 is 5.69 Å². The Balaban J connectivity index is 1.99. The molecule has 0 radical (unpaired) electrons. The summed E-state index contributed by atoms with van der Waals surface area (Å²) in [6.45, 7) is 0.538. The number of H-pyrrole nitrogens is 1. The number of nitrogens with one attached hydrogen (secondary N) is 2. The van der Waals surface area contributed by atoms with Crippen molar-refractivity contribution in [1.29, 1.82) is 0 Å². The average molecular weight is 241 g/mol. The van der Waals surface area contributed by atoms with E-state index in [1.54, 1.807) is 6.20 Å². The minimum Gasteiger partial charge on any atom is -0.380 e. The van der Waals surface area contributed by atoms with Gasteiger partial charge in [-0.2, -0.15) is 13.2 Å². The van der Waals surface area contributed by atoms with Crippen LogP contribution >= 0.6 is 0 Å². The Morgan fingerprint density at radius 3 is 2.59 bits per heavy atom. The van der Waals surface area contributed by atoms with Gasteiger partial charge in [-0.3, -0.25) is 0 Å². The first-order valence-electron chi connectivity index (χ1n) is 4.94. The fourth-order valence-corrected chi connectivity index (χ4v) is 1.34. The Hall–Kier alpha value is -1.98. The van der Waals surface area contributed by atoms with E-state index in [9.17, 15) is 13.2 Å². The van der Waals surface area contributed by atoms with E-state index < -0.39 is 11.9 Å². The molecular formula is C11H10F3N3. The van der Waals surface area contributed by atoms with E-state index in [4.69, 9.17) is 0 Å². The zero-order valence-corrected chi connectivity index (χ0v) is 8.75. The summed E-state index contributed by atoms with van der Waals surface area (Å²) in [6, 6.07) is 4.20. The van der Waals surface area contributed by atoms with Gasteiger partial charge in [0.25, 0.3) is 0 Å². The molecule has 2 heterocycles. The van der Waals surface area contributed by atoms with Crippen LogP contribution in [0, 0.1) is 0 Å². The summed E-state index contributed by atoms with van der Waals surface area (Å²) >= 11 is 0. The van der Waals surface area contributed by atoms with E-state index >= 15 is 0 Å². The summed E-state index contributed by atoms with van der Waals surface area (Å²) in [5.74, 6) is 0. The molecule has 0 atom stereocenters. The molecular weight excluding hydrogens is 231 g/mol. The first-order chi connectivity index (χ1) is 8.05. The van der Waals surface area contributed by atoms with Gasteiger partial charge in [0.05, 0.1) is 11.9 Å². The maximum absolute atomic E-state index is 12.2. The number of alkyl halides is 3. The Labute approximate surface area is 95.7 Å². The number of rotatable bonds is 3. The molecule has 0 amide bonds. The fourth-order valence-electron chi connectivity index (χ4n) is 1.34. The van der Waals surface area contributed by atoms with Crippen molar-refractivity contribution in [2.45, 2.75) is 12.7 Å². The number of hydrogen-bond donors (Lipinski definition) is 2. The molecule has 0 aliphatic rings. The van der Waals surface area contributed by atoms with Crippen molar-refractivity contribution in [3.8, 4) is 0 Å². The minimum atomic E-state index is -4.39. The molecule has 0 aliphatic heterocycles. The third-order valence-corrected chi connectivity index (χ3v) is 2.21. The fraction of sp³-hybridized carbons (Fsp3) is 0.182. The number of aromatic amines is 1. The van der Waals surface area contributed by atoms with Gasteiger partial charge in [0.15, 0.2) is 0 Å². The van der Waals surface area contributed by atoms with Crippen LogP contribution in [0.3, 0.4) is 0 Å². The largest absolute Gasteiger partial charge is 0.433 e. The zero-order valence-electron chi connectivity index (χ0n) is 8.75. The molecule has 3 nitrogen and oxygen atoms in total. The van der Waals surface area contributed by atoms with Crippen LogP contribution in [0.4, 0.5) is 18.9 Å². The molecule has 2 aromatic rings. The quantitative estimate of drug-likeness (QED) is 0.867. The summed E-state index contributed by atoms with van der Waals surface area (Å²) in [5, 5.41) is 2.98. The third-order valence-electron chi connectivity index (χ3n) is 2.21. The van der Waals surface area contributed by atoms with Gasteiger partial charge in [-0.1, -0.05) is 0 Å². The number of aromatic nitrogens is 2. The number of halogens is 3. The summed E-state index contributed by atoms with van der Waals surface area (Å²) < 4.78 is 36.7. The SMILES string of the molecule is FC(F)(F)c1ccc(NCc2cc[nH]c2)cn1. The molecule has 0 unspecified atom stereocenters. The predicted octanol–water partition coefficient (Wildman–Crippen LogP) is 3.04. The van der Waals surface area contributed by atoms with Gasteiger partial charge in [0.1, 0.15) is 5.69 Å². The van der Waals surface area contributed by atoms with Gasteiger partial charge in [0, 0.05) is 18.9 Å². The summed E-state index contributed by atoms with van der Waals surface area (Å²) in [5.41, 5.74) is 0.689. The van der Waals surface area contributed by atoms with Crippen molar-refractivity contribution < 1.29 is 13.2 Å². The van der Waals surface area contributed by atoms with Crippen molar-refractivity contribution in [1.82, 2.24) is 9.97 Å². The molecule has 0 aliphatic carbocycles. The number of pyridine rings is 1. The maximum atomic E-state index is 12.2. The van der Waals surface area contributed by atoms with E-state index in [1.165, 1.54) is 12.3 Å². The monoisotopic (exact) mass is 241 g/mol. The second-order valence-electron chi connectivity index (χ2n) is 3.50. The Kier molecular flexibility index (Phi) is 3.03. The third kappa shape index (κ3) is 2.99. The highest BCUT2D eigenvalue weighted by molar-refractivity contribution is 5.41. The molecule has 0 bridgehead atoms. The van der Waals surface area contributed by atoms with E-state index in [0.29, 0.717) is 12.2 Å².